The fourth-order valence-corrected chi connectivity index (χ4v) is 2.64. The van der Waals surface area contributed by atoms with Crippen LogP contribution in [0, 0.1) is 0 Å². The Morgan fingerprint density at radius 1 is 1.42 bits per heavy atom. The van der Waals surface area contributed by atoms with Crippen molar-refractivity contribution in [3.8, 4) is 0 Å². The Morgan fingerprint density at radius 3 is 2.84 bits per heavy atom. The number of benzene rings is 1. The summed E-state index contributed by atoms with van der Waals surface area (Å²) in [5.41, 5.74) is 0.898. The molecule has 1 atom stereocenters. The van der Waals surface area contributed by atoms with Gasteiger partial charge in [0.15, 0.2) is 0 Å². The number of hydrogen-bond donors (Lipinski definition) is 1. The van der Waals surface area contributed by atoms with Crippen LogP contribution in [0.2, 0.25) is 10.0 Å². The van der Waals surface area contributed by atoms with Gasteiger partial charge in [-0.3, -0.25) is 4.79 Å². The molecule has 0 bridgehead atoms. The lowest BCUT2D eigenvalue weighted by atomic mass is 10.1. The number of halogens is 2. The van der Waals surface area contributed by atoms with E-state index in [9.17, 15) is 4.79 Å². The molecule has 19 heavy (non-hydrogen) atoms. The van der Waals surface area contributed by atoms with Crippen molar-refractivity contribution >= 4 is 29.1 Å². The molecule has 1 heterocycles. The Morgan fingerprint density at radius 2 is 2.21 bits per heavy atom. The van der Waals surface area contributed by atoms with Crippen molar-refractivity contribution in [2.24, 2.45) is 0 Å². The first-order chi connectivity index (χ1) is 9.08. The van der Waals surface area contributed by atoms with Gasteiger partial charge in [0.25, 0.3) is 0 Å². The van der Waals surface area contributed by atoms with Gasteiger partial charge in [0.2, 0.25) is 5.91 Å². The maximum Gasteiger partial charge on any atom is 0.227 e. The van der Waals surface area contributed by atoms with Crippen LogP contribution in [0.4, 0.5) is 0 Å². The Labute approximate surface area is 123 Å². The summed E-state index contributed by atoms with van der Waals surface area (Å²) in [5, 5.41) is 4.33. The van der Waals surface area contributed by atoms with Crippen LogP contribution < -0.4 is 5.32 Å². The van der Waals surface area contributed by atoms with E-state index in [1.165, 1.54) is 0 Å². The first-order valence-electron chi connectivity index (χ1n) is 6.48. The van der Waals surface area contributed by atoms with Crippen LogP contribution in [0.25, 0.3) is 0 Å². The molecule has 3 nitrogen and oxygen atoms in total. The minimum atomic E-state index is 0.118. The number of carbonyl (C=O) groups is 1. The highest BCUT2D eigenvalue weighted by Crippen LogP contribution is 2.23. The lowest BCUT2D eigenvalue weighted by molar-refractivity contribution is -0.131. The predicted molar refractivity (Wildman–Crippen MR) is 78.8 cm³/mol. The second-order valence-electron chi connectivity index (χ2n) is 4.93. The maximum absolute atomic E-state index is 12.2. The van der Waals surface area contributed by atoms with Gasteiger partial charge < -0.3 is 10.2 Å². The van der Waals surface area contributed by atoms with Crippen molar-refractivity contribution in [3.05, 3.63) is 33.8 Å². The molecule has 0 radical (unpaired) electrons. The maximum atomic E-state index is 12.2. The van der Waals surface area contributed by atoms with Crippen LogP contribution in [0.1, 0.15) is 18.4 Å². The van der Waals surface area contributed by atoms with Gasteiger partial charge in [-0.25, -0.2) is 0 Å². The number of carbonyl (C=O) groups excluding carboxylic acids is 1. The number of hydrogen-bond acceptors (Lipinski definition) is 2. The zero-order valence-corrected chi connectivity index (χ0v) is 12.5. The number of nitrogens with zero attached hydrogens (tertiary/aromatic N) is 1. The molecule has 2 rings (SSSR count). The average Bonchev–Trinajstić information content (AvgIpc) is 2.43. The molecular formula is C14H18Cl2N2O. The molecule has 1 aliphatic heterocycles. The topological polar surface area (TPSA) is 32.3 Å². The van der Waals surface area contributed by atoms with Crippen LogP contribution in [0.15, 0.2) is 18.2 Å². The Bertz CT molecular complexity index is 459. The number of nitrogens with one attached hydrogen (secondary N) is 1. The molecule has 0 aliphatic carbocycles. The highest BCUT2D eigenvalue weighted by atomic mass is 35.5. The molecule has 0 saturated carbocycles. The van der Waals surface area contributed by atoms with Gasteiger partial charge in [0.05, 0.1) is 16.5 Å². The smallest absolute Gasteiger partial charge is 0.227 e. The molecule has 1 aromatic rings. The van der Waals surface area contributed by atoms with Crippen LogP contribution in [-0.4, -0.2) is 37.0 Å². The summed E-state index contributed by atoms with van der Waals surface area (Å²) < 4.78 is 0. The molecule has 0 spiro atoms. The van der Waals surface area contributed by atoms with E-state index in [1.807, 2.05) is 18.0 Å². The van der Waals surface area contributed by atoms with Crippen molar-refractivity contribution in [2.45, 2.75) is 25.3 Å². The van der Waals surface area contributed by atoms with E-state index in [4.69, 9.17) is 23.2 Å². The van der Waals surface area contributed by atoms with E-state index in [-0.39, 0.29) is 5.91 Å². The summed E-state index contributed by atoms with van der Waals surface area (Å²) in [6.45, 7) is 1.93. The molecular weight excluding hydrogens is 283 g/mol. The molecule has 104 valence electrons. The van der Waals surface area contributed by atoms with Gasteiger partial charge in [-0.1, -0.05) is 29.3 Å². The van der Waals surface area contributed by atoms with Gasteiger partial charge >= 0.3 is 0 Å². The normalized spacial score (nSPS) is 19.2. The van der Waals surface area contributed by atoms with Gasteiger partial charge in [0.1, 0.15) is 0 Å². The van der Waals surface area contributed by atoms with Crippen LogP contribution in [0.5, 0.6) is 0 Å². The summed E-state index contributed by atoms with van der Waals surface area (Å²) in [6, 6.07) is 5.63. The summed E-state index contributed by atoms with van der Waals surface area (Å²) in [6.07, 6.45) is 2.55. The van der Waals surface area contributed by atoms with E-state index in [1.54, 1.807) is 12.1 Å². The van der Waals surface area contributed by atoms with Crippen molar-refractivity contribution in [2.75, 3.05) is 20.1 Å². The van der Waals surface area contributed by atoms with Crippen LogP contribution >= 0.6 is 23.2 Å². The standard InChI is InChI=1S/C14H18Cl2N2O/c1-18(11-3-2-6-17-9-11)14(19)8-10-4-5-12(15)13(16)7-10/h4-5,7,11,17H,2-3,6,8-9H2,1H3. The van der Waals surface area contributed by atoms with Crippen LogP contribution in [-0.2, 0) is 11.2 Å². The quantitative estimate of drug-likeness (QED) is 0.931. The SMILES string of the molecule is CN(C(=O)Cc1ccc(Cl)c(Cl)c1)C1CCCNC1. The average molecular weight is 301 g/mol. The van der Waals surface area contributed by atoms with E-state index in [0.29, 0.717) is 22.5 Å². The number of piperidine rings is 1. The highest BCUT2D eigenvalue weighted by molar-refractivity contribution is 6.42. The molecule has 1 N–H and O–H groups in total. The molecule has 1 amide bonds. The van der Waals surface area contributed by atoms with E-state index in [0.717, 1.165) is 31.5 Å². The van der Waals surface area contributed by atoms with E-state index >= 15 is 0 Å². The fraction of sp³-hybridized carbons (Fsp3) is 0.500. The minimum Gasteiger partial charge on any atom is -0.341 e. The molecule has 1 saturated heterocycles. The summed E-state index contributed by atoms with van der Waals surface area (Å²) in [4.78, 5) is 14.1. The molecule has 1 fully saturated rings. The van der Waals surface area contributed by atoms with Crippen molar-refractivity contribution < 1.29 is 4.79 Å². The monoisotopic (exact) mass is 300 g/mol. The van der Waals surface area contributed by atoms with Gasteiger partial charge in [-0.2, -0.15) is 0 Å². The van der Waals surface area contributed by atoms with E-state index < -0.39 is 0 Å². The van der Waals surface area contributed by atoms with E-state index in [2.05, 4.69) is 5.32 Å². The Hall–Kier alpha value is -0.770. The zero-order valence-electron chi connectivity index (χ0n) is 11.0. The fourth-order valence-electron chi connectivity index (χ4n) is 2.32. The van der Waals surface area contributed by atoms with Crippen LogP contribution in [0.3, 0.4) is 0 Å². The third-order valence-corrected chi connectivity index (χ3v) is 4.29. The zero-order chi connectivity index (χ0) is 13.8. The minimum absolute atomic E-state index is 0.118. The molecule has 1 aliphatic rings. The van der Waals surface area contributed by atoms with Crippen molar-refractivity contribution in [1.29, 1.82) is 0 Å². The molecule has 0 aromatic heterocycles. The lowest BCUT2D eigenvalue weighted by Crippen LogP contribution is -2.47. The number of likely N-dealkylation sites (N-methyl/N-ethyl adjacent to an activating group) is 1. The first-order valence-corrected chi connectivity index (χ1v) is 7.24. The Kier molecular flexibility index (Phi) is 5.08. The summed E-state index contributed by atoms with van der Waals surface area (Å²) in [5.74, 6) is 0.118. The largest absolute Gasteiger partial charge is 0.341 e. The number of rotatable bonds is 3. The van der Waals surface area contributed by atoms with Gasteiger partial charge in [-0.15, -0.1) is 0 Å². The number of amides is 1. The third kappa shape index (κ3) is 3.85. The third-order valence-electron chi connectivity index (χ3n) is 3.55. The Balaban J connectivity index is 1.97. The van der Waals surface area contributed by atoms with Gasteiger partial charge in [-0.05, 0) is 37.1 Å². The van der Waals surface area contributed by atoms with Crippen molar-refractivity contribution in [1.82, 2.24) is 10.2 Å². The second-order valence-corrected chi connectivity index (χ2v) is 5.74. The summed E-state index contributed by atoms with van der Waals surface area (Å²) in [7, 11) is 1.87. The van der Waals surface area contributed by atoms with Gasteiger partial charge in [0, 0.05) is 19.6 Å². The molecule has 5 heteroatoms. The summed E-state index contributed by atoms with van der Waals surface area (Å²) >= 11 is 11.8. The second kappa shape index (κ2) is 6.60. The lowest BCUT2D eigenvalue weighted by Gasteiger charge is -2.31. The highest BCUT2D eigenvalue weighted by Gasteiger charge is 2.21. The predicted octanol–water partition coefficient (Wildman–Crippen LogP) is 2.75. The molecule has 1 unspecified atom stereocenters. The first kappa shape index (κ1) is 14.6. The van der Waals surface area contributed by atoms with Crippen molar-refractivity contribution in [3.63, 3.8) is 0 Å². The molecule has 1 aromatic carbocycles.